The number of aliphatic hydroxyl groups excluding tert-OH is 1. The number of likely N-dealkylation sites (tertiary alicyclic amines) is 1. The van der Waals surface area contributed by atoms with Gasteiger partial charge in [0.25, 0.3) is 0 Å². The minimum atomic E-state index is 0.314. The van der Waals surface area contributed by atoms with Gasteiger partial charge in [-0.25, -0.2) is 0 Å². The second-order valence-corrected chi connectivity index (χ2v) is 9.30. The lowest BCUT2D eigenvalue weighted by atomic mass is 9.96. The Hall–Kier alpha value is -1.24. The Balaban J connectivity index is 1.34. The number of rotatable bonds is 6. The lowest BCUT2D eigenvalue weighted by molar-refractivity contribution is 0.116. The summed E-state index contributed by atoms with van der Waals surface area (Å²) in [6, 6.07) is 15.1. The molecule has 0 radical (unpaired) electrons. The van der Waals surface area contributed by atoms with Crippen LogP contribution in [0.25, 0.3) is 10.4 Å². The number of nitrogens with zero attached hydrogens (tertiary/aromatic N) is 3. The molecule has 2 aromatic rings. The first-order chi connectivity index (χ1) is 13.2. The van der Waals surface area contributed by atoms with Crippen LogP contribution in [0, 0.1) is 11.8 Å². The van der Waals surface area contributed by atoms with Crippen molar-refractivity contribution in [3.8, 4) is 10.4 Å². The van der Waals surface area contributed by atoms with Gasteiger partial charge in [-0.05, 0) is 36.6 Å². The fourth-order valence-electron chi connectivity index (χ4n) is 4.38. The first-order valence-electron chi connectivity index (χ1n) is 10.1. The number of likely N-dealkylation sites (N-methyl/N-ethyl adjacent to an activating group) is 1. The second kappa shape index (κ2) is 8.84. The molecule has 5 heteroatoms. The van der Waals surface area contributed by atoms with Crippen molar-refractivity contribution in [2.75, 3.05) is 59.5 Å². The van der Waals surface area contributed by atoms with Crippen molar-refractivity contribution in [3.05, 3.63) is 47.3 Å². The minimum absolute atomic E-state index is 0.314. The molecule has 0 unspecified atom stereocenters. The van der Waals surface area contributed by atoms with Gasteiger partial charge in [0.1, 0.15) is 0 Å². The highest BCUT2D eigenvalue weighted by Crippen LogP contribution is 2.31. The molecular formula is C22H31N3OS. The number of benzene rings is 1. The summed E-state index contributed by atoms with van der Waals surface area (Å²) in [6.07, 6.45) is 0. The smallest absolute Gasteiger partial charge is 0.0475 e. The summed E-state index contributed by atoms with van der Waals surface area (Å²) in [5.41, 5.74) is 1.30. The first kappa shape index (κ1) is 19.1. The van der Waals surface area contributed by atoms with Crippen LogP contribution in [-0.4, -0.2) is 79.3 Å². The molecule has 27 heavy (non-hydrogen) atoms. The van der Waals surface area contributed by atoms with Crippen molar-refractivity contribution < 1.29 is 5.11 Å². The van der Waals surface area contributed by atoms with E-state index in [1.54, 1.807) is 0 Å². The number of hydrogen-bond acceptors (Lipinski definition) is 5. The molecule has 4 rings (SSSR count). The molecule has 1 N–H and O–H groups in total. The highest BCUT2D eigenvalue weighted by molar-refractivity contribution is 7.15. The average Bonchev–Trinajstić information content (AvgIpc) is 3.31. The molecule has 146 valence electrons. The Morgan fingerprint density at radius 1 is 0.926 bits per heavy atom. The molecule has 2 saturated heterocycles. The van der Waals surface area contributed by atoms with Crippen molar-refractivity contribution >= 4 is 11.3 Å². The Labute approximate surface area is 167 Å². The molecule has 4 nitrogen and oxygen atoms in total. The fraction of sp³-hybridized carbons (Fsp3) is 0.545. The summed E-state index contributed by atoms with van der Waals surface area (Å²) in [6.45, 7) is 9.24. The highest BCUT2D eigenvalue weighted by atomic mass is 32.1. The van der Waals surface area contributed by atoms with Crippen molar-refractivity contribution in [3.63, 3.8) is 0 Å². The molecule has 3 heterocycles. The van der Waals surface area contributed by atoms with E-state index in [1.165, 1.54) is 15.3 Å². The summed E-state index contributed by atoms with van der Waals surface area (Å²) in [5.74, 6) is 1.00. The van der Waals surface area contributed by atoms with Gasteiger partial charge < -0.3 is 14.9 Å². The second-order valence-electron chi connectivity index (χ2n) is 8.13. The van der Waals surface area contributed by atoms with Gasteiger partial charge in [-0.1, -0.05) is 30.3 Å². The van der Waals surface area contributed by atoms with Crippen molar-refractivity contribution in [1.82, 2.24) is 14.7 Å². The Morgan fingerprint density at radius 2 is 1.67 bits per heavy atom. The Bertz CT molecular complexity index is 711. The fourth-order valence-corrected chi connectivity index (χ4v) is 5.44. The zero-order valence-corrected chi connectivity index (χ0v) is 17.1. The van der Waals surface area contributed by atoms with Crippen LogP contribution in [0.1, 0.15) is 4.88 Å². The van der Waals surface area contributed by atoms with Gasteiger partial charge in [-0.15, -0.1) is 11.3 Å². The monoisotopic (exact) mass is 385 g/mol. The Kier molecular flexibility index (Phi) is 6.25. The van der Waals surface area contributed by atoms with E-state index in [2.05, 4.69) is 64.2 Å². The van der Waals surface area contributed by atoms with E-state index in [0.717, 1.165) is 52.4 Å². The molecule has 0 spiro atoms. The van der Waals surface area contributed by atoms with Crippen LogP contribution in [0.2, 0.25) is 0 Å². The van der Waals surface area contributed by atoms with Crippen LogP contribution < -0.4 is 0 Å². The molecule has 0 amide bonds. The molecule has 0 bridgehead atoms. The lowest BCUT2D eigenvalue weighted by Gasteiger charge is -2.34. The third kappa shape index (κ3) is 4.79. The van der Waals surface area contributed by atoms with Crippen molar-refractivity contribution in [2.24, 2.45) is 11.8 Å². The average molecular weight is 386 g/mol. The van der Waals surface area contributed by atoms with Crippen molar-refractivity contribution in [1.29, 1.82) is 0 Å². The SMILES string of the molecule is CN1CCN(C[C@@H]2CN(Cc3ccc(-c4ccccc4)s3)C[C@@H]2CO)CC1. The van der Waals surface area contributed by atoms with Crippen molar-refractivity contribution in [2.45, 2.75) is 6.54 Å². The molecule has 1 aromatic carbocycles. The van der Waals surface area contributed by atoms with Gasteiger partial charge in [0.2, 0.25) is 0 Å². The molecule has 0 aliphatic carbocycles. The number of aliphatic hydroxyl groups is 1. The topological polar surface area (TPSA) is 30.0 Å². The standard InChI is InChI=1S/C22H31N3OS/c1-23-9-11-24(12-10-23)13-19-14-25(15-20(19)17-26)16-21-7-8-22(27-21)18-5-3-2-4-6-18/h2-8,19-20,26H,9-17H2,1H3/t19-,20-/m1/s1. The number of piperazine rings is 1. The number of hydrogen-bond donors (Lipinski definition) is 1. The maximum atomic E-state index is 9.89. The molecular weight excluding hydrogens is 354 g/mol. The Morgan fingerprint density at radius 3 is 2.41 bits per heavy atom. The van der Waals surface area contributed by atoms with Gasteiger partial charge in [0, 0.05) is 68.7 Å². The van der Waals surface area contributed by atoms with E-state index in [1.807, 2.05) is 11.3 Å². The summed E-state index contributed by atoms with van der Waals surface area (Å²) >= 11 is 1.90. The summed E-state index contributed by atoms with van der Waals surface area (Å²) in [7, 11) is 2.20. The van der Waals surface area contributed by atoms with E-state index < -0.39 is 0 Å². The van der Waals surface area contributed by atoms with Crippen LogP contribution >= 0.6 is 11.3 Å². The molecule has 0 saturated carbocycles. The molecule has 2 atom stereocenters. The van der Waals surface area contributed by atoms with Gasteiger partial charge in [-0.3, -0.25) is 4.90 Å². The third-order valence-corrected chi connectivity index (χ3v) is 7.19. The van der Waals surface area contributed by atoms with Gasteiger partial charge >= 0.3 is 0 Å². The molecule has 1 aromatic heterocycles. The largest absolute Gasteiger partial charge is 0.396 e. The number of thiophene rings is 1. The molecule has 2 fully saturated rings. The molecule has 2 aliphatic heterocycles. The maximum Gasteiger partial charge on any atom is 0.0475 e. The zero-order valence-electron chi connectivity index (χ0n) is 16.3. The van der Waals surface area contributed by atoms with Crippen LogP contribution in [-0.2, 0) is 6.54 Å². The third-order valence-electron chi connectivity index (χ3n) is 6.07. The maximum absolute atomic E-state index is 9.89. The van der Waals surface area contributed by atoms with Crippen LogP contribution in [0.5, 0.6) is 0 Å². The van der Waals surface area contributed by atoms with Crippen LogP contribution in [0.15, 0.2) is 42.5 Å². The zero-order chi connectivity index (χ0) is 18.6. The van der Waals surface area contributed by atoms with E-state index in [9.17, 15) is 5.11 Å². The predicted octanol–water partition coefficient (Wildman–Crippen LogP) is 2.70. The van der Waals surface area contributed by atoms with Gasteiger partial charge in [0.05, 0.1) is 0 Å². The highest BCUT2D eigenvalue weighted by Gasteiger charge is 2.34. The van der Waals surface area contributed by atoms with E-state index >= 15 is 0 Å². The lowest BCUT2D eigenvalue weighted by Crippen LogP contribution is -2.47. The predicted molar refractivity (Wildman–Crippen MR) is 113 cm³/mol. The van der Waals surface area contributed by atoms with Crippen LogP contribution in [0.3, 0.4) is 0 Å². The van der Waals surface area contributed by atoms with E-state index in [0.29, 0.717) is 18.4 Å². The van der Waals surface area contributed by atoms with Gasteiger partial charge in [-0.2, -0.15) is 0 Å². The van der Waals surface area contributed by atoms with E-state index in [4.69, 9.17) is 0 Å². The summed E-state index contributed by atoms with van der Waals surface area (Å²) in [5, 5.41) is 9.89. The first-order valence-corrected chi connectivity index (χ1v) is 10.9. The molecule has 2 aliphatic rings. The van der Waals surface area contributed by atoms with E-state index in [-0.39, 0.29) is 0 Å². The minimum Gasteiger partial charge on any atom is -0.396 e. The summed E-state index contributed by atoms with van der Waals surface area (Å²) < 4.78 is 0. The quantitative estimate of drug-likeness (QED) is 0.828. The summed E-state index contributed by atoms with van der Waals surface area (Å²) in [4.78, 5) is 10.3. The normalized spacial score (nSPS) is 25.3. The van der Waals surface area contributed by atoms with Gasteiger partial charge in [0.15, 0.2) is 0 Å². The van der Waals surface area contributed by atoms with Crippen LogP contribution in [0.4, 0.5) is 0 Å².